The van der Waals surface area contributed by atoms with Gasteiger partial charge in [0.15, 0.2) is 11.7 Å². The SMILES string of the molecule is Cc1nc(C(=O)C2CC2)ccc1NC1C=CN=C(OC2CCN(C(=O)OC(C)C)CC2)C1. The molecule has 1 saturated heterocycles. The van der Waals surface area contributed by atoms with Gasteiger partial charge in [-0.05, 0) is 51.8 Å². The molecule has 1 N–H and O–H groups in total. The molecular weight excluding hydrogens is 408 g/mol. The van der Waals surface area contributed by atoms with Crippen molar-refractivity contribution in [3.8, 4) is 0 Å². The Morgan fingerprint density at radius 3 is 2.56 bits per heavy atom. The summed E-state index contributed by atoms with van der Waals surface area (Å²) in [7, 11) is 0. The van der Waals surface area contributed by atoms with Gasteiger partial charge in [-0.25, -0.2) is 14.8 Å². The van der Waals surface area contributed by atoms with Crippen LogP contribution in [0.5, 0.6) is 0 Å². The van der Waals surface area contributed by atoms with Crippen LogP contribution < -0.4 is 5.32 Å². The summed E-state index contributed by atoms with van der Waals surface area (Å²) < 4.78 is 11.4. The normalized spacial score (nSPS) is 21.3. The van der Waals surface area contributed by atoms with Crippen molar-refractivity contribution in [1.29, 1.82) is 0 Å². The van der Waals surface area contributed by atoms with E-state index < -0.39 is 0 Å². The number of likely N-dealkylation sites (tertiary alicyclic amines) is 1. The van der Waals surface area contributed by atoms with Gasteiger partial charge in [-0.1, -0.05) is 0 Å². The maximum atomic E-state index is 12.2. The highest BCUT2D eigenvalue weighted by atomic mass is 16.6. The summed E-state index contributed by atoms with van der Waals surface area (Å²) in [6.07, 6.45) is 7.55. The quantitative estimate of drug-likeness (QED) is 0.670. The summed E-state index contributed by atoms with van der Waals surface area (Å²) >= 11 is 0. The van der Waals surface area contributed by atoms with E-state index in [0.717, 1.165) is 37.1 Å². The fourth-order valence-corrected chi connectivity index (χ4v) is 3.95. The molecule has 1 aromatic rings. The molecule has 3 aliphatic rings. The number of aliphatic imine (C=N–C) groups is 1. The zero-order valence-corrected chi connectivity index (χ0v) is 19.0. The van der Waals surface area contributed by atoms with E-state index in [2.05, 4.69) is 15.3 Å². The molecule has 1 atom stereocenters. The number of carbonyl (C=O) groups excluding carboxylic acids is 2. The molecule has 8 heteroatoms. The molecule has 1 aliphatic carbocycles. The van der Waals surface area contributed by atoms with E-state index in [4.69, 9.17) is 9.47 Å². The molecule has 2 fully saturated rings. The number of Topliss-reactive ketones (excluding diaryl/α,β-unsaturated/α-hetero) is 1. The van der Waals surface area contributed by atoms with E-state index in [1.54, 1.807) is 11.1 Å². The Hall–Kier alpha value is -2.90. The number of nitrogens with one attached hydrogen (secondary N) is 1. The number of amides is 1. The van der Waals surface area contributed by atoms with Gasteiger partial charge in [0.05, 0.1) is 23.5 Å². The zero-order valence-electron chi connectivity index (χ0n) is 19.0. The van der Waals surface area contributed by atoms with Crippen molar-refractivity contribution in [3.63, 3.8) is 0 Å². The van der Waals surface area contributed by atoms with E-state index in [1.165, 1.54) is 0 Å². The van der Waals surface area contributed by atoms with E-state index in [-0.39, 0.29) is 36.0 Å². The molecule has 0 aromatic carbocycles. The van der Waals surface area contributed by atoms with Crippen LogP contribution >= 0.6 is 0 Å². The van der Waals surface area contributed by atoms with Crippen molar-refractivity contribution in [1.82, 2.24) is 9.88 Å². The second kappa shape index (κ2) is 9.71. The summed E-state index contributed by atoms with van der Waals surface area (Å²) in [5, 5.41) is 3.48. The van der Waals surface area contributed by atoms with E-state index in [1.807, 2.05) is 39.0 Å². The molecule has 4 rings (SSSR count). The summed E-state index contributed by atoms with van der Waals surface area (Å²) in [6.45, 7) is 6.87. The van der Waals surface area contributed by atoms with E-state index in [0.29, 0.717) is 31.1 Å². The number of aromatic nitrogens is 1. The summed E-state index contributed by atoms with van der Waals surface area (Å²) in [4.78, 5) is 34.9. The molecule has 1 amide bonds. The number of rotatable bonds is 6. The first kappa shape index (κ1) is 22.3. The molecule has 32 heavy (non-hydrogen) atoms. The van der Waals surface area contributed by atoms with E-state index >= 15 is 0 Å². The van der Waals surface area contributed by atoms with Crippen molar-refractivity contribution in [2.75, 3.05) is 18.4 Å². The van der Waals surface area contributed by atoms with Gasteiger partial charge in [0.2, 0.25) is 0 Å². The van der Waals surface area contributed by atoms with Crippen molar-refractivity contribution < 1.29 is 19.1 Å². The molecule has 3 heterocycles. The highest BCUT2D eigenvalue weighted by Gasteiger charge is 2.31. The Bertz CT molecular complexity index is 915. The Kier molecular flexibility index (Phi) is 6.77. The minimum atomic E-state index is -0.255. The molecule has 0 radical (unpaired) electrons. The maximum absolute atomic E-state index is 12.2. The number of pyridine rings is 1. The lowest BCUT2D eigenvalue weighted by Gasteiger charge is -2.32. The second-order valence-corrected chi connectivity index (χ2v) is 9.02. The van der Waals surface area contributed by atoms with Crippen LogP contribution in [-0.4, -0.2) is 59.0 Å². The fraction of sp³-hybridized carbons (Fsp3) is 0.583. The first-order valence-electron chi connectivity index (χ1n) is 11.5. The monoisotopic (exact) mass is 440 g/mol. The Morgan fingerprint density at radius 1 is 1.16 bits per heavy atom. The predicted octanol–water partition coefficient (Wildman–Crippen LogP) is 4.11. The lowest BCUT2D eigenvalue weighted by molar-refractivity contribution is 0.0482. The summed E-state index contributed by atoms with van der Waals surface area (Å²) in [6, 6.07) is 3.78. The average molecular weight is 441 g/mol. The largest absolute Gasteiger partial charge is 0.477 e. The van der Waals surface area contributed by atoms with Crippen LogP contribution in [0.1, 0.15) is 62.1 Å². The van der Waals surface area contributed by atoms with Gasteiger partial charge in [0.1, 0.15) is 11.8 Å². The van der Waals surface area contributed by atoms with Crippen molar-refractivity contribution in [3.05, 3.63) is 35.8 Å². The number of nitrogens with zero attached hydrogens (tertiary/aromatic N) is 3. The fourth-order valence-electron chi connectivity index (χ4n) is 3.95. The smallest absolute Gasteiger partial charge is 0.410 e. The van der Waals surface area contributed by atoms with Gasteiger partial charge in [0, 0.05) is 44.5 Å². The van der Waals surface area contributed by atoms with Gasteiger partial charge in [0.25, 0.3) is 0 Å². The minimum absolute atomic E-state index is 0.0362. The van der Waals surface area contributed by atoms with Gasteiger partial charge in [-0.2, -0.15) is 0 Å². The standard InChI is InChI=1S/C24H32N4O4/c1-15(2)31-24(30)28-12-9-19(10-13-28)32-22-14-18(8-11-25-22)27-20-6-7-21(26-16(20)3)23(29)17-4-5-17/h6-8,11,15,17-19,27H,4-5,9-10,12-14H2,1-3H3. The topological polar surface area (TPSA) is 93.1 Å². The number of hydrogen-bond acceptors (Lipinski definition) is 7. The van der Waals surface area contributed by atoms with Gasteiger partial charge >= 0.3 is 6.09 Å². The molecule has 1 saturated carbocycles. The average Bonchev–Trinajstić information content (AvgIpc) is 3.60. The van der Waals surface area contributed by atoms with Crippen LogP contribution in [0.2, 0.25) is 0 Å². The molecule has 2 aliphatic heterocycles. The first-order chi connectivity index (χ1) is 15.4. The van der Waals surface area contributed by atoms with Crippen molar-refractivity contribution in [2.45, 2.75) is 71.1 Å². The molecule has 0 bridgehead atoms. The van der Waals surface area contributed by atoms with Crippen LogP contribution in [-0.2, 0) is 9.47 Å². The summed E-state index contributed by atoms with van der Waals surface area (Å²) in [5.41, 5.74) is 2.28. The number of aryl methyl sites for hydroxylation is 1. The van der Waals surface area contributed by atoms with Gasteiger partial charge in [-0.15, -0.1) is 0 Å². The maximum Gasteiger partial charge on any atom is 0.410 e. The number of carbonyl (C=O) groups is 2. The Morgan fingerprint density at radius 2 is 1.91 bits per heavy atom. The molecule has 1 aromatic heterocycles. The lowest BCUT2D eigenvalue weighted by Crippen LogP contribution is -2.42. The van der Waals surface area contributed by atoms with Crippen LogP contribution in [0.25, 0.3) is 0 Å². The van der Waals surface area contributed by atoms with Crippen LogP contribution in [0.4, 0.5) is 10.5 Å². The predicted molar refractivity (Wildman–Crippen MR) is 122 cm³/mol. The highest BCUT2D eigenvalue weighted by Crippen LogP contribution is 2.32. The third kappa shape index (κ3) is 5.66. The third-order valence-electron chi connectivity index (χ3n) is 5.90. The Labute approximate surface area is 189 Å². The molecule has 8 nitrogen and oxygen atoms in total. The molecule has 1 unspecified atom stereocenters. The molecular formula is C24H32N4O4. The van der Waals surface area contributed by atoms with Gasteiger partial charge in [-0.3, -0.25) is 4.79 Å². The number of anilines is 1. The van der Waals surface area contributed by atoms with E-state index in [9.17, 15) is 9.59 Å². The molecule has 0 spiro atoms. The van der Waals surface area contributed by atoms with Crippen LogP contribution in [0.3, 0.4) is 0 Å². The highest BCUT2D eigenvalue weighted by molar-refractivity contribution is 5.97. The van der Waals surface area contributed by atoms with Crippen LogP contribution in [0.15, 0.2) is 29.4 Å². The second-order valence-electron chi connectivity index (χ2n) is 9.02. The number of ketones is 1. The van der Waals surface area contributed by atoms with Crippen molar-refractivity contribution in [2.24, 2.45) is 10.9 Å². The van der Waals surface area contributed by atoms with Crippen molar-refractivity contribution >= 4 is 23.5 Å². The minimum Gasteiger partial charge on any atom is -0.477 e. The van der Waals surface area contributed by atoms with Crippen LogP contribution in [0, 0.1) is 12.8 Å². The summed E-state index contributed by atoms with van der Waals surface area (Å²) in [5.74, 6) is 1.02. The Balaban J connectivity index is 1.26. The van der Waals surface area contributed by atoms with Gasteiger partial charge < -0.3 is 19.7 Å². The molecule has 172 valence electrons. The number of ether oxygens (including phenoxy) is 2. The first-order valence-corrected chi connectivity index (χ1v) is 11.5. The number of piperidine rings is 1. The zero-order chi connectivity index (χ0) is 22.7. The lowest BCUT2D eigenvalue weighted by atomic mass is 10.1. The number of hydrogen-bond donors (Lipinski definition) is 1. The third-order valence-corrected chi connectivity index (χ3v) is 5.90.